The molecular formula is C26H24F3N7O2. The van der Waals surface area contributed by atoms with E-state index in [1.165, 1.54) is 23.0 Å². The van der Waals surface area contributed by atoms with Gasteiger partial charge in [-0.1, -0.05) is 18.2 Å². The summed E-state index contributed by atoms with van der Waals surface area (Å²) in [5, 5.41) is 11.5. The number of nitrogens with zero attached hydrogens (tertiary/aromatic N) is 4. The molecule has 3 N–H and O–H groups in total. The fraction of sp³-hybridized carbons (Fsp3) is 0.231. The largest absolute Gasteiger partial charge is 0.417 e. The van der Waals surface area contributed by atoms with Crippen molar-refractivity contribution in [3.8, 4) is 16.9 Å². The highest BCUT2D eigenvalue weighted by atomic mass is 19.4. The SMILES string of the molecule is Cn1ccc(-c2cc(C(=O)Nc3cc(CC4CCC(=O)NN4)nn3-c3ccccc3)ccc2C(F)(F)F)n1. The normalized spacial score (nSPS) is 15.8. The highest BCUT2D eigenvalue weighted by Gasteiger charge is 2.34. The number of aromatic nitrogens is 4. The van der Waals surface area contributed by atoms with Crippen LogP contribution in [0.1, 0.15) is 34.5 Å². The molecule has 1 aliphatic rings. The highest BCUT2D eigenvalue weighted by molar-refractivity contribution is 6.04. The maximum absolute atomic E-state index is 13.7. The van der Waals surface area contributed by atoms with Crippen LogP contribution in [0.25, 0.3) is 16.9 Å². The van der Waals surface area contributed by atoms with Crippen LogP contribution in [0.2, 0.25) is 0 Å². The van der Waals surface area contributed by atoms with Gasteiger partial charge in [0.1, 0.15) is 5.82 Å². The third-order valence-corrected chi connectivity index (χ3v) is 6.17. The van der Waals surface area contributed by atoms with Crippen LogP contribution in [0, 0.1) is 0 Å². The van der Waals surface area contributed by atoms with Crippen molar-refractivity contribution < 1.29 is 22.8 Å². The summed E-state index contributed by atoms with van der Waals surface area (Å²) in [6.07, 6.45) is -1.56. The molecule has 1 fully saturated rings. The van der Waals surface area contributed by atoms with Crippen LogP contribution in [0.15, 0.2) is 66.9 Å². The van der Waals surface area contributed by atoms with E-state index in [1.807, 2.05) is 30.3 Å². The predicted molar refractivity (Wildman–Crippen MR) is 133 cm³/mol. The Morgan fingerprint density at radius 2 is 1.89 bits per heavy atom. The number of halogens is 3. The molecule has 1 atom stereocenters. The smallest absolute Gasteiger partial charge is 0.306 e. The maximum atomic E-state index is 13.7. The molecule has 2 amide bonds. The number of aryl methyl sites for hydroxylation is 1. The van der Waals surface area contributed by atoms with Crippen LogP contribution >= 0.6 is 0 Å². The van der Waals surface area contributed by atoms with Crippen molar-refractivity contribution in [2.24, 2.45) is 7.05 Å². The quantitative estimate of drug-likeness (QED) is 0.356. The number of hydrazine groups is 1. The second-order valence-corrected chi connectivity index (χ2v) is 8.99. The molecule has 9 nitrogen and oxygen atoms in total. The zero-order valence-electron chi connectivity index (χ0n) is 20.3. The number of hydrogen-bond acceptors (Lipinski definition) is 5. The molecule has 0 spiro atoms. The molecule has 0 radical (unpaired) electrons. The van der Waals surface area contributed by atoms with Gasteiger partial charge in [-0.05, 0) is 42.8 Å². The first-order chi connectivity index (χ1) is 18.2. The molecule has 38 heavy (non-hydrogen) atoms. The zero-order valence-corrected chi connectivity index (χ0v) is 20.3. The molecule has 196 valence electrons. The Balaban J connectivity index is 1.46. The number of carbonyl (C=O) groups excluding carboxylic acids is 2. The van der Waals surface area contributed by atoms with E-state index < -0.39 is 17.6 Å². The number of nitrogens with one attached hydrogen (secondary N) is 3. The molecule has 4 aromatic rings. The topological polar surface area (TPSA) is 106 Å². The third-order valence-electron chi connectivity index (χ3n) is 6.17. The van der Waals surface area contributed by atoms with Crippen LogP contribution < -0.4 is 16.2 Å². The summed E-state index contributed by atoms with van der Waals surface area (Å²) < 4.78 is 44.1. The Labute approximate surface area is 215 Å². The molecule has 1 unspecified atom stereocenters. The monoisotopic (exact) mass is 523 g/mol. The molecular weight excluding hydrogens is 499 g/mol. The first-order valence-corrected chi connectivity index (χ1v) is 11.9. The van der Waals surface area contributed by atoms with E-state index in [0.717, 1.165) is 12.1 Å². The highest BCUT2D eigenvalue weighted by Crippen LogP contribution is 2.37. The number of amides is 2. The van der Waals surface area contributed by atoms with Crippen LogP contribution in [-0.4, -0.2) is 37.4 Å². The summed E-state index contributed by atoms with van der Waals surface area (Å²) in [5.41, 5.74) is 6.02. The molecule has 1 saturated heterocycles. The van der Waals surface area contributed by atoms with Gasteiger partial charge in [0.2, 0.25) is 5.91 Å². The average Bonchev–Trinajstić information content (AvgIpc) is 3.51. The molecule has 3 heterocycles. The number of rotatable bonds is 6. The fourth-order valence-electron chi connectivity index (χ4n) is 4.30. The first-order valence-electron chi connectivity index (χ1n) is 11.9. The Kier molecular flexibility index (Phi) is 6.72. The Morgan fingerprint density at radius 1 is 1.11 bits per heavy atom. The summed E-state index contributed by atoms with van der Waals surface area (Å²) in [7, 11) is 1.60. The fourth-order valence-corrected chi connectivity index (χ4v) is 4.30. The van der Waals surface area contributed by atoms with E-state index in [4.69, 9.17) is 0 Å². The van der Waals surface area contributed by atoms with Crippen LogP contribution in [0.5, 0.6) is 0 Å². The molecule has 0 bridgehead atoms. The lowest BCUT2D eigenvalue weighted by Gasteiger charge is -2.22. The van der Waals surface area contributed by atoms with Gasteiger partial charge >= 0.3 is 6.18 Å². The standard InChI is InChI=1S/C26H24F3N7O2/c1-35-12-11-22(34-35)20-13-16(7-9-21(20)26(27,28)29)25(38)30-23-15-18(14-17-8-10-24(37)32-31-17)33-36(23)19-5-3-2-4-6-19/h2-7,9,11-13,15,17,31H,8,10,14H2,1H3,(H,30,38)(H,32,37). The lowest BCUT2D eigenvalue weighted by molar-refractivity contribution is -0.137. The van der Waals surface area contributed by atoms with Crippen molar-refractivity contribution in [3.05, 3.63) is 83.7 Å². The van der Waals surface area contributed by atoms with Gasteiger partial charge in [0.25, 0.3) is 5.91 Å². The third kappa shape index (κ3) is 5.44. The molecule has 0 saturated carbocycles. The number of anilines is 1. The van der Waals surface area contributed by atoms with E-state index in [1.54, 1.807) is 17.8 Å². The van der Waals surface area contributed by atoms with Crippen molar-refractivity contribution in [2.75, 3.05) is 5.32 Å². The first kappa shape index (κ1) is 25.2. The number of para-hydroxylation sites is 1. The van der Waals surface area contributed by atoms with Crippen molar-refractivity contribution in [2.45, 2.75) is 31.5 Å². The molecule has 2 aromatic heterocycles. The van der Waals surface area contributed by atoms with Crippen molar-refractivity contribution in [1.82, 2.24) is 30.4 Å². The zero-order chi connectivity index (χ0) is 26.9. The van der Waals surface area contributed by atoms with Gasteiger partial charge in [0.15, 0.2) is 0 Å². The minimum atomic E-state index is -4.62. The van der Waals surface area contributed by atoms with Crippen molar-refractivity contribution >= 4 is 17.6 Å². The summed E-state index contributed by atoms with van der Waals surface area (Å²) >= 11 is 0. The van der Waals surface area contributed by atoms with Gasteiger partial charge < -0.3 is 5.32 Å². The maximum Gasteiger partial charge on any atom is 0.417 e. The number of alkyl halides is 3. The van der Waals surface area contributed by atoms with Crippen molar-refractivity contribution in [1.29, 1.82) is 0 Å². The minimum Gasteiger partial charge on any atom is -0.306 e. The second kappa shape index (κ2) is 10.1. The van der Waals surface area contributed by atoms with E-state index in [-0.39, 0.29) is 28.8 Å². The predicted octanol–water partition coefficient (Wildman–Crippen LogP) is 3.87. The van der Waals surface area contributed by atoms with Gasteiger partial charge in [0.05, 0.1) is 22.6 Å². The molecule has 5 rings (SSSR count). The molecule has 1 aliphatic heterocycles. The van der Waals surface area contributed by atoms with Crippen molar-refractivity contribution in [3.63, 3.8) is 0 Å². The average molecular weight is 524 g/mol. The molecule has 0 aliphatic carbocycles. The van der Waals surface area contributed by atoms with Crippen LogP contribution in [-0.2, 0) is 24.4 Å². The summed E-state index contributed by atoms with van der Waals surface area (Å²) in [6, 6.07) is 15.5. The van der Waals surface area contributed by atoms with E-state index in [0.29, 0.717) is 36.5 Å². The molecule has 2 aromatic carbocycles. The lowest BCUT2D eigenvalue weighted by atomic mass is 10.0. The Bertz CT molecular complexity index is 1470. The number of benzene rings is 2. The lowest BCUT2D eigenvalue weighted by Crippen LogP contribution is -2.50. The number of hydrogen-bond donors (Lipinski definition) is 3. The molecule has 12 heteroatoms. The van der Waals surface area contributed by atoms with Gasteiger partial charge in [-0.2, -0.15) is 23.4 Å². The summed E-state index contributed by atoms with van der Waals surface area (Å²) in [5.74, 6) is -0.316. The van der Waals surface area contributed by atoms with Gasteiger partial charge in [-0.3, -0.25) is 19.7 Å². The van der Waals surface area contributed by atoms with Crippen LogP contribution in [0.3, 0.4) is 0 Å². The van der Waals surface area contributed by atoms with E-state index in [9.17, 15) is 22.8 Å². The Morgan fingerprint density at radius 3 is 2.55 bits per heavy atom. The van der Waals surface area contributed by atoms with E-state index >= 15 is 0 Å². The van der Waals surface area contributed by atoms with Crippen LogP contribution in [0.4, 0.5) is 19.0 Å². The van der Waals surface area contributed by atoms with Gasteiger partial charge in [0, 0.05) is 49.3 Å². The second-order valence-electron chi connectivity index (χ2n) is 8.99. The van der Waals surface area contributed by atoms with Gasteiger partial charge in [-0.15, -0.1) is 0 Å². The van der Waals surface area contributed by atoms with Gasteiger partial charge in [-0.25, -0.2) is 10.1 Å². The summed E-state index contributed by atoms with van der Waals surface area (Å²) in [4.78, 5) is 24.7. The minimum absolute atomic E-state index is 0.0359. The van der Waals surface area contributed by atoms with E-state index in [2.05, 4.69) is 26.4 Å². The Hall–Kier alpha value is -4.45. The number of carbonyl (C=O) groups is 2. The summed E-state index contributed by atoms with van der Waals surface area (Å²) in [6.45, 7) is 0.